The van der Waals surface area contributed by atoms with Crippen LogP contribution in [0.2, 0.25) is 5.02 Å². The molecule has 3 rings (SSSR count). The molecule has 0 saturated carbocycles. The molecule has 1 aliphatic rings. The molecule has 0 aliphatic carbocycles. The number of nitrogens with one attached hydrogen (secondary N) is 1. The maximum Gasteiger partial charge on any atom is 0.198 e. The normalized spacial score (nSPS) is 17.1. The zero-order chi connectivity index (χ0) is 13.9. The monoisotopic (exact) mass is 321 g/mol. The van der Waals surface area contributed by atoms with Gasteiger partial charge in [-0.15, -0.1) is 12.4 Å². The lowest BCUT2D eigenvalue weighted by Crippen LogP contribution is -2.31. The van der Waals surface area contributed by atoms with Crippen molar-refractivity contribution in [1.82, 2.24) is 4.90 Å². The van der Waals surface area contributed by atoms with Gasteiger partial charge in [0.25, 0.3) is 0 Å². The third kappa shape index (κ3) is 3.49. The van der Waals surface area contributed by atoms with Crippen LogP contribution in [0.4, 0.5) is 5.69 Å². The maximum atomic E-state index is 5.89. The number of anilines is 1. The summed E-state index contributed by atoms with van der Waals surface area (Å²) in [5.41, 5.74) is 2.28. The Labute approximate surface area is 136 Å². The Bertz CT molecular complexity index is 611. The molecule has 1 aliphatic heterocycles. The smallest absolute Gasteiger partial charge is 0.198 e. The molecule has 0 amide bonds. The van der Waals surface area contributed by atoms with Crippen LogP contribution >= 0.6 is 24.0 Å². The van der Waals surface area contributed by atoms with Crippen LogP contribution in [-0.4, -0.2) is 24.5 Å². The minimum atomic E-state index is 0. The van der Waals surface area contributed by atoms with Gasteiger partial charge in [-0.25, -0.2) is 0 Å². The van der Waals surface area contributed by atoms with Crippen LogP contribution in [0.3, 0.4) is 0 Å². The lowest BCUT2D eigenvalue weighted by atomic mass is 10.1. The van der Waals surface area contributed by atoms with Gasteiger partial charge in [0.2, 0.25) is 0 Å². The quantitative estimate of drug-likeness (QED) is 0.896. The molecule has 0 saturated heterocycles. The molecule has 110 valence electrons. The Balaban J connectivity index is 0.00000161. The molecule has 3 nitrogen and oxygen atoms in total. The minimum Gasteiger partial charge on any atom is -0.337 e. The highest BCUT2D eigenvalue weighted by atomic mass is 35.5. The summed E-state index contributed by atoms with van der Waals surface area (Å²) in [6.45, 7) is 0.774. The number of aliphatic imine (C=N–C) groups is 1. The van der Waals surface area contributed by atoms with Gasteiger partial charge in [-0.2, -0.15) is 0 Å². The molecule has 2 aromatic carbocycles. The van der Waals surface area contributed by atoms with E-state index in [2.05, 4.69) is 46.5 Å². The molecule has 0 aromatic heterocycles. The molecule has 2 aromatic rings. The minimum absolute atomic E-state index is 0. The van der Waals surface area contributed by atoms with Crippen LogP contribution < -0.4 is 5.32 Å². The summed E-state index contributed by atoms with van der Waals surface area (Å²) >= 11 is 5.89. The van der Waals surface area contributed by atoms with E-state index in [9.17, 15) is 0 Å². The van der Waals surface area contributed by atoms with Crippen LogP contribution in [0.15, 0.2) is 59.6 Å². The molecular weight excluding hydrogens is 305 g/mol. The second kappa shape index (κ2) is 6.83. The fourth-order valence-electron chi connectivity index (χ4n) is 2.35. The second-order valence-electron chi connectivity index (χ2n) is 4.83. The Morgan fingerprint density at radius 3 is 2.43 bits per heavy atom. The van der Waals surface area contributed by atoms with E-state index in [0.717, 1.165) is 23.2 Å². The number of nitrogens with zero attached hydrogens (tertiary/aromatic N) is 2. The lowest BCUT2D eigenvalue weighted by molar-refractivity contribution is 0.416. The van der Waals surface area contributed by atoms with Crippen molar-refractivity contribution in [3.05, 3.63) is 65.2 Å². The topological polar surface area (TPSA) is 27.6 Å². The number of likely N-dealkylation sites (N-methyl/N-ethyl adjacent to an activating group) is 1. The molecule has 0 spiro atoms. The first kappa shape index (κ1) is 15.7. The highest BCUT2D eigenvalue weighted by molar-refractivity contribution is 6.30. The van der Waals surface area contributed by atoms with Gasteiger partial charge in [0.15, 0.2) is 5.96 Å². The molecule has 5 heteroatoms. The zero-order valence-electron chi connectivity index (χ0n) is 11.7. The molecule has 0 radical (unpaired) electrons. The SMILES string of the molecule is CN1C(Nc2ccc(Cl)cc2)=NCC1c1ccccc1.Cl. The predicted octanol–water partition coefficient (Wildman–Crippen LogP) is 4.22. The van der Waals surface area contributed by atoms with Gasteiger partial charge in [0.1, 0.15) is 0 Å². The molecule has 1 N–H and O–H groups in total. The van der Waals surface area contributed by atoms with Crippen LogP contribution in [-0.2, 0) is 0 Å². The van der Waals surface area contributed by atoms with E-state index < -0.39 is 0 Å². The van der Waals surface area contributed by atoms with Gasteiger partial charge in [0, 0.05) is 17.8 Å². The Morgan fingerprint density at radius 2 is 1.76 bits per heavy atom. The summed E-state index contributed by atoms with van der Waals surface area (Å²) in [4.78, 5) is 6.76. The first-order valence-electron chi connectivity index (χ1n) is 6.59. The number of benzene rings is 2. The van der Waals surface area contributed by atoms with Gasteiger partial charge >= 0.3 is 0 Å². The summed E-state index contributed by atoms with van der Waals surface area (Å²) in [5.74, 6) is 0.890. The average Bonchev–Trinajstić information content (AvgIpc) is 2.84. The van der Waals surface area contributed by atoms with E-state index in [4.69, 9.17) is 11.6 Å². The standard InChI is InChI=1S/C16H16ClN3.ClH/c1-20-15(12-5-3-2-4-6-12)11-18-16(20)19-14-9-7-13(17)8-10-14;/h2-10,15H,11H2,1H3,(H,18,19);1H. The molecular formula is C16H17Cl2N3. The number of hydrogen-bond donors (Lipinski definition) is 1. The predicted molar refractivity (Wildman–Crippen MR) is 91.6 cm³/mol. The molecule has 0 bridgehead atoms. The number of rotatable bonds is 2. The first-order chi connectivity index (χ1) is 9.74. The van der Waals surface area contributed by atoms with Crippen molar-refractivity contribution in [1.29, 1.82) is 0 Å². The number of halogens is 2. The summed E-state index contributed by atoms with van der Waals surface area (Å²) in [6.07, 6.45) is 0. The van der Waals surface area contributed by atoms with E-state index >= 15 is 0 Å². The third-order valence-electron chi connectivity index (χ3n) is 3.50. The molecule has 1 heterocycles. The maximum absolute atomic E-state index is 5.89. The summed E-state index contributed by atoms with van der Waals surface area (Å²) < 4.78 is 0. The van der Waals surface area contributed by atoms with Crippen LogP contribution in [0.5, 0.6) is 0 Å². The van der Waals surface area contributed by atoms with Crippen molar-refractivity contribution < 1.29 is 0 Å². The third-order valence-corrected chi connectivity index (χ3v) is 3.75. The Morgan fingerprint density at radius 1 is 1.10 bits per heavy atom. The van der Waals surface area contributed by atoms with Gasteiger partial charge in [-0.3, -0.25) is 4.99 Å². The Hall–Kier alpha value is -1.71. The summed E-state index contributed by atoms with van der Waals surface area (Å²) in [7, 11) is 2.06. The van der Waals surface area contributed by atoms with Gasteiger partial charge in [-0.05, 0) is 29.8 Å². The van der Waals surface area contributed by atoms with Crippen molar-refractivity contribution in [2.24, 2.45) is 4.99 Å². The van der Waals surface area contributed by atoms with E-state index in [0.29, 0.717) is 6.04 Å². The van der Waals surface area contributed by atoms with Crippen molar-refractivity contribution in [3.8, 4) is 0 Å². The van der Waals surface area contributed by atoms with Gasteiger partial charge in [0.05, 0.1) is 12.6 Å². The first-order valence-corrected chi connectivity index (χ1v) is 6.96. The Kier molecular flexibility index (Phi) is 5.10. The van der Waals surface area contributed by atoms with E-state index in [1.54, 1.807) is 0 Å². The number of guanidine groups is 1. The van der Waals surface area contributed by atoms with E-state index in [1.807, 2.05) is 30.3 Å². The highest BCUT2D eigenvalue weighted by Gasteiger charge is 2.25. The highest BCUT2D eigenvalue weighted by Crippen LogP contribution is 2.25. The van der Waals surface area contributed by atoms with Gasteiger partial charge in [-0.1, -0.05) is 41.9 Å². The van der Waals surface area contributed by atoms with Crippen molar-refractivity contribution >= 4 is 35.7 Å². The lowest BCUT2D eigenvalue weighted by Gasteiger charge is -2.24. The number of hydrogen-bond acceptors (Lipinski definition) is 3. The van der Waals surface area contributed by atoms with Gasteiger partial charge < -0.3 is 10.2 Å². The summed E-state index contributed by atoms with van der Waals surface area (Å²) in [5, 5.41) is 4.07. The fourth-order valence-corrected chi connectivity index (χ4v) is 2.47. The van der Waals surface area contributed by atoms with Crippen molar-refractivity contribution in [2.45, 2.75) is 6.04 Å². The summed E-state index contributed by atoms with van der Waals surface area (Å²) in [6, 6.07) is 18.4. The van der Waals surface area contributed by atoms with Crippen LogP contribution in [0, 0.1) is 0 Å². The molecule has 1 unspecified atom stereocenters. The van der Waals surface area contributed by atoms with E-state index in [-0.39, 0.29) is 12.4 Å². The molecule has 21 heavy (non-hydrogen) atoms. The average molecular weight is 322 g/mol. The second-order valence-corrected chi connectivity index (χ2v) is 5.27. The van der Waals surface area contributed by atoms with Crippen LogP contribution in [0.1, 0.15) is 11.6 Å². The van der Waals surface area contributed by atoms with Crippen molar-refractivity contribution in [2.75, 3.05) is 18.9 Å². The molecule has 0 fully saturated rings. The van der Waals surface area contributed by atoms with Crippen molar-refractivity contribution in [3.63, 3.8) is 0 Å². The fraction of sp³-hybridized carbons (Fsp3) is 0.188. The zero-order valence-corrected chi connectivity index (χ0v) is 13.2. The molecule has 1 atom stereocenters. The van der Waals surface area contributed by atoms with E-state index in [1.165, 1.54) is 5.56 Å². The largest absolute Gasteiger partial charge is 0.337 e. The van der Waals surface area contributed by atoms with Crippen LogP contribution in [0.25, 0.3) is 0 Å².